The Bertz CT molecular complexity index is 480. The van der Waals surface area contributed by atoms with Gasteiger partial charge in [0, 0.05) is 41.9 Å². The molecular formula is C17H26N2S. The van der Waals surface area contributed by atoms with Crippen LogP contribution in [0.25, 0.3) is 0 Å². The highest BCUT2D eigenvalue weighted by molar-refractivity contribution is 8.00. The number of nitrogens with one attached hydrogen (secondary N) is 1. The summed E-state index contributed by atoms with van der Waals surface area (Å²) in [5.41, 5.74) is 4.26. The van der Waals surface area contributed by atoms with Gasteiger partial charge in [-0.1, -0.05) is 12.1 Å². The molecule has 0 unspecified atom stereocenters. The Morgan fingerprint density at radius 3 is 2.80 bits per heavy atom. The molecule has 1 aromatic rings. The largest absolute Gasteiger partial charge is 0.369 e. The molecule has 1 aliphatic carbocycles. The van der Waals surface area contributed by atoms with Gasteiger partial charge in [0.15, 0.2) is 0 Å². The van der Waals surface area contributed by atoms with Crippen molar-refractivity contribution in [2.45, 2.75) is 50.9 Å². The molecule has 0 radical (unpaired) electrons. The first-order valence-electron chi connectivity index (χ1n) is 7.75. The molecule has 3 heteroatoms. The highest BCUT2D eigenvalue weighted by Crippen LogP contribution is 2.33. The molecule has 2 fully saturated rings. The fourth-order valence-corrected chi connectivity index (χ4v) is 4.07. The van der Waals surface area contributed by atoms with Crippen LogP contribution in [0.15, 0.2) is 18.2 Å². The van der Waals surface area contributed by atoms with Gasteiger partial charge < -0.3 is 10.2 Å². The van der Waals surface area contributed by atoms with Crippen LogP contribution in [-0.2, 0) is 6.54 Å². The van der Waals surface area contributed by atoms with Crippen LogP contribution in [0.5, 0.6) is 0 Å². The van der Waals surface area contributed by atoms with E-state index in [1.165, 1.54) is 42.0 Å². The van der Waals surface area contributed by atoms with E-state index in [4.69, 9.17) is 0 Å². The zero-order valence-corrected chi connectivity index (χ0v) is 13.7. The zero-order chi connectivity index (χ0) is 14.2. The fraction of sp³-hybridized carbons (Fsp3) is 0.647. The second kappa shape index (κ2) is 5.61. The Morgan fingerprint density at radius 1 is 1.35 bits per heavy atom. The maximum atomic E-state index is 3.60. The molecule has 1 N–H and O–H groups in total. The minimum atomic E-state index is 0.372. The van der Waals surface area contributed by atoms with Gasteiger partial charge in [-0.3, -0.25) is 0 Å². The molecule has 20 heavy (non-hydrogen) atoms. The maximum absolute atomic E-state index is 3.60. The molecule has 2 nitrogen and oxygen atoms in total. The average molecular weight is 290 g/mol. The molecule has 0 aromatic heterocycles. The number of nitrogens with zero attached hydrogens (tertiary/aromatic N) is 1. The van der Waals surface area contributed by atoms with Crippen LogP contribution in [0.1, 0.15) is 37.8 Å². The first-order valence-corrected chi connectivity index (χ1v) is 8.74. The van der Waals surface area contributed by atoms with Crippen LogP contribution >= 0.6 is 11.8 Å². The van der Waals surface area contributed by atoms with Gasteiger partial charge in [0.1, 0.15) is 0 Å². The van der Waals surface area contributed by atoms with Crippen LogP contribution in [0.4, 0.5) is 5.69 Å². The Balaban J connectivity index is 1.69. The summed E-state index contributed by atoms with van der Waals surface area (Å²) in [6, 6.07) is 7.77. The third kappa shape index (κ3) is 3.50. The van der Waals surface area contributed by atoms with Crippen molar-refractivity contribution in [3.63, 3.8) is 0 Å². The minimum absolute atomic E-state index is 0.372. The number of rotatable bonds is 4. The number of anilines is 1. The van der Waals surface area contributed by atoms with E-state index in [2.05, 4.69) is 60.9 Å². The molecular weight excluding hydrogens is 264 g/mol. The Hall–Kier alpha value is -0.670. The van der Waals surface area contributed by atoms with E-state index in [0.717, 1.165) is 19.1 Å². The van der Waals surface area contributed by atoms with Crippen molar-refractivity contribution in [1.82, 2.24) is 5.32 Å². The summed E-state index contributed by atoms with van der Waals surface area (Å²) in [4.78, 5) is 2.56. The Kier molecular flexibility index (Phi) is 4.00. The van der Waals surface area contributed by atoms with Gasteiger partial charge in [-0.25, -0.2) is 0 Å². The normalized spacial score (nSPS) is 22.1. The van der Waals surface area contributed by atoms with E-state index in [1.807, 2.05) is 0 Å². The van der Waals surface area contributed by atoms with Crippen molar-refractivity contribution in [3.05, 3.63) is 29.3 Å². The van der Waals surface area contributed by atoms with E-state index in [-0.39, 0.29) is 0 Å². The molecule has 1 heterocycles. The average Bonchev–Trinajstić information content (AvgIpc) is 3.19. The molecule has 0 atom stereocenters. The fourth-order valence-electron chi connectivity index (χ4n) is 2.95. The van der Waals surface area contributed by atoms with Crippen LogP contribution in [0, 0.1) is 6.92 Å². The lowest BCUT2D eigenvalue weighted by Gasteiger charge is -2.39. The van der Waals surface area contributed by atoms with Crippen molar-refractivity contribution < 1.29 is 0 Å². The number of thioether (sulfide) groups is 1. The van der Waals surface area contributed by atoms with Crippen molar-refractivity contribution in [2.24, 2.45) is 0 Å². The third-order valence-corrected chi connectivity index (χ3v) is 5.50. The van der Waals surface area contributed by atoms with Gasteiger partial charge in [0.2, 0.25) is 0 Å². The van der Waals surface area contributed by atoms with Gasteiger partial charge in [-0.15, -0.1) is 0 Å². The van der Waals surface area contributed by atoms with Crippen LogP contribution in [0.2, 0.25) is 0 Å². The highest BCUT2D eigenvalue weighted by Gasteiger charge is 2.27. The van der Waals surface area contributed by atoms with Gasteiger partial charge >= 0.3 is 0 Å². The number of benzene rings is 1. The molecule has 0 bridgehead atoms. The molecule has 3 rings (SSSR count). The maximum Gasteiger partial charge on any atom is 0.0396 e. The first kappa shape index (κ1) is 14.3. The quantitative estimate of drug-likeness (QED) is 0.912. The monoisotopic (exact) mass is 290 g/mol. The summed E-state index contributed by atoms with van der Waals surface area (Å²) >= 11 is 2.09. The number of hydrogen-bond acceptors (Lipinski definition) is 3. The van der Waals surface area contributed by atoms with Crippen molar-refractivity contribution in [2.75, 3.05) is 23.7 Å². The molecule has 1 saturated carbocycles. The Morgan fingerprint density at radius 2 is 2.15 bits per heavy atom. The SMILES string of the molecule is Cc1cc(CNC2CC2)ccc1N1CCSC(C)(C)C1. The lowest BCUT2D eigenvalue weighted by atomic mass is 10.1. The predicted molar refractivity (Wildman–Crippen MR) is 89.8 cm³/mol. The van der Waals surface area contributed by atoms with Crippen LogP contribution in [-0.4, -0.2) is 29.6 Å². The predicted octanol–water partition coefficient (Wildman–Crippen LogP) is 3.58. The summed E-state index contributed by atoms with van der Waals surface area (Å²) < 4.78 is 0.372. The lowest BCUT2D eigenvalue weighted by molar-refractivity contribution is 0.646. The van der Waals surface area contributed by atoms with Crippen molar-refractivity contribution in [3.8, 4) is 0 Å². The van der Waals surface area contributed by atoms with Crippen molar-refractivity contribution in [1.29, 1.82) is 0 Å². The van der Waals surface area contributed by atoms with Crippen LogP contribution in [0.3, 0.4) is 0 Å². The summed E-state index contributed by atoms with van der Waals surface area (Å²) in [7, 11) is 0. The number of aryl methyl sites for hydroxylation is 1. The van der Waals surface area contributed by atoms with Gasteiger partial charge in [0.25, 0.3) is 0 Å². The minimum Gasteiger partial charge on any atom is -0.369 e. The summed E-state index contributed by atoms with van der Waals surface area (Å²) in [5.74, 6) is 1.23. The van der Waals surface area contributed by atoms with E-state index >= 15 is 0 Å². The molecule has 1 saturated heterocycles. The van der Waals surface area contributed by atoms with E-state index in [9.17, 15) is 0 Å². The summed E-state index contributed by atoms with van der Waals surface area (Å²) in [6.45, 7) is 10.3. The topological polar surface area (TPSA) is 15.3 Å². The smallest absolute Gasteiger partial charge is 0.0396 e. The Labute approximate surface area is 127 Å². The van der Waals surface area contributed by atoms with Crippen molar-refractivity contribution >= 4 is 17.4 Å². The molecule has 2 aliphatic rings. The molecule has 0 amide bonds. The standard InChI is InChI=1S/C17H26N2S/c1-13-10-14(11-18-15-5-6-15)4-7-16(13)19-8-9-20-17(2,3)12-19/h4,7,10,15,18H,5-6,8-9,11-12H2,1-3H3. The second-order valence-electron chi connectivity index (χ2n) is 6.81. The zero-order valence-electron chi connectivity index (χ0n) is 12.9. The van der Waals surface area contributed by atoms with E-state index < -0.39 is 0 Å². The molecule has 1 aliphatic heterocycles. The molecule has 1 aromatic carbocycles. The molecule has 0 spiro atoms. The first-order chi connectivity index (χ1) is 9.53. The van der Waals surface area contributed by atoms with Crippen LogP contribution < -0.4 is 10.2 Å². The van der Waals surface area contributed by atoms with Gasteiger partial charge in [-0.2, -0.15) is 11.8 Å². The summed E-state index contributed by atoms with van der Waals surface area (Å²) in [6.07, 6.45) is 2.72. The third-order valence-electron chi connectivity index (χ3n) is 4.20. The molecule has 110 valence electrons. The second-order valence-corrected chi connectivity index (χ2v) is 8.61. The van der Waals surface area contributed by atoms with Gasteiger partial charge in [-0.05, 0) is 50.8 Å². The van der Waals surface area contributed by atoms with E-state index in [0.29, 0.717) is 4.75 Å². The van der Waals surface area contributed by atoms with E-state index in [1.54, 1.807) is 0 Å². The number of hydrogen-bond donors (Lipinski definition) is 1. The highest BCUT2D eigenvalue weighted by atomic mass is 32.2. The lowest BCUT2D eigenvalue weighted by Crippen LogP contribution is -2.43. The van der Waals surface area contributed by atoms with Gasteiger partial charge in [0.05, 0.1) is 0 Å². The summed E-state index contributed by atoms with van der Waals surface area (Å²) in [5, 5.41) is 3.60.